The van der Waals surface area contributed by atoms with Crippen molar-refractivity contribution in [3.63, 3.8) is 0 Å². The maximum atomic E-state index is 6.55. The van der Waals surface area contributed by atoms with Gasteiger partial charge in [-0.15, -0.1) is 0 Å². The van der Waals surface area contributed by atoms with Gasteiger partial charge < -0.3 is 13.4 Å². The maximum Gasteiger partial charge on any atom is 0.238 e. The van der Waals surface area contributed by atoms with E-state index in [-0.39, 0.29) is 0 Å². The fourth-order valence-corrected chi connectivity index (χ4v) is 9.00. The second-order valence-corrected chi connectivity index (χ2v) is 14.8. The maximum absolute atomic E-state index is 6.55. The van der Waals surface area contributed by atoms with E-state index in [0.29, 0.717) is 17.6 Å². The second kappa shape index (κ2) is 11.7. The van der Waals surface area contributed by atoms with Gasteiger partial charge >= 0.3 is 0 Å². The summed E-state index contributed by atoms with van der Waals surface area (Å²) in [6.45, 7) is 0. The molecule has 0 bridgehead atoms. The van der Waals surface area contributed by atoms with Crippen LogP contribution in [0.3, 0.4) is 0 Å². The van der Waals surface area contributed by atoms with E-state index in [2.05, 4.69) is 130 Å². The van der Waals surface area contributed by atoms with Gasteiger partial charge in [-0.25, -0.2) is 4.98 Å². The van der Waals surface area contributed by atoms with Crippen LogP contribution in [0.15, 0.2) is 185 Å². The molecule has 0 aliphatic heterocycles. The highest BCUT2D eigenvalue weighted by Gasteiger charge is 2.23. The van der Waals surface area contributed by atoms with Gasteiger partial charge in [0.05, 0.1) is 27.6 Å². The Kier molecular flexibility index (Phi) is 6.32. The molecular formula is C51H29N5O2. The van der Waals surface area contributed by atoms with Gasteiger partial charge in [0, 0.05) is 54.3 Å². The monoisotopic (exact) mass is 743 g/mol. The molecule has 7 heteroatoms. The van der Waals surface area contributed by atoms with Crippen LogP contribution in [-0.2, 0) is 0 Å². The number of benzene rings is 8. The Labute approximate surface area is 329 Å². The van der Waals surface area contributed by atoms with E-state index in [1.807, 2.05) is 54.6 Å². The van der Waals surface area contributed by atoms with Crippen LogP contribution < -0.4 is 0 Å². The highest BCUT2D eigenvalue weighted by molar-refractivity contribution is 6.19. The fourth-order valence-electron chi connectivity index (χ4n) is 9.00. The zero-order chi connectivity index (χ0) is 37.9. The lowest BCUT2D eigenvalue weighted by molar-refractivity contribution is 0.668. The number of fused-ring (bicyclic) bond motifs is 12. The van der Waals surface area contributed by atoms with Gasteiger partial charge in [-0.1, -0.05) is 109 Å². The van der Waals surface area contributed by atoms with Crippen molar-refractivity contribution in [3.8, 4) is 34.4 Å². The number of rotatable bonds is 4. The van der Waals surface area contributed by atoms with E-state index in [4.69, 9.17) is 23.8 Å². The molecule has 0 unspecified atom stereocenters. The summed E-state index contributed by atoms with van der Waals surface area (Å²) in [6, 6.07) is 60.9. The largest absolute Gasteiger partial charge is 0.456 e. The minimum absolute atomic E-state index is 0.509. The number of hydrogen-bond donors (Lipinski definition) is 0. The van der Waals surface area contributed by atoms with Crippen molar-refractivity contribution >= 4 is 87.5 Å². The number of nitrogens with zero attached hydrogens (tertiary/aromatic N) is 5. The Morgan fingerprint density at radius 3 is 1.67 bits per heavy atom. The molecule has 0 saturated carbocycles. The molecule has 0 N–H and O–H groups in total. The summed E-state index contributed by atoms with van der Waals surface area (Å²) in [5, 5.41) is 8.70. The van der Waals surface area contributed by atoms with E-state index < -0.39 is 0 Å². The third kappa shape index (κ3) is 4.41. The quantitative estimate of drug-likeness (QED) is 0.179. The van der Waals surface area contributed by atoms with Crippen LogP contribution in [0.4, 0.5) is 0 Å². The summed E-state index contributed by atoms with van der Waals surface area (Å²) in [5.41, 5.74) is 10.2. The molecular weight excluding hydrogens is 715 g/mol. The Hall–Kier alpha value is -8.03. The molecule has 58 heavy (non-hydrogen) atoms. The number of hydrogen-bond acceptors (Lipinski definition) is 5. The number of furan rings is 2. The van der Waals surface area contributed by atoms with E-state index >= 15 is 0 Å². The normalized spacial score (nSPS) is 12.1. The third-order valence-corrected chi connectivity index (χ3v) is 11.6. The number of para-hydroxylation sites is 6. The molecule has 13 rings (SSSR count). The van der Waals surface area contributed by atoms with Crippen LogP contribution in [0.25, 0.3) is 122 Å². The van der Waals surface area contributed by atoms with Gasteiger partial charge in [0.1, 0.15) is 22.3 Å². The van der Waals surface area contributed by atoms with Gasteiger partial charge in [0.25, 0.3) is 0 Å². The minimum atomic E-state index is 0.509. The van der Waals surface area contributed by atoms with Crippen molar-refractivity contribution in [2.45, 2.75) is 0 Å². The first-order valence-corrected chi connectivity index (χ1v) is 19.4. The molecule has 0 fully saturated rings. The Balaban J connectivity index is 1.12. The molecule has 5 heterocycles. The van der Waals surface area contributed by atoms with E-state index in [9.17, 15) is 0 Å². The number of aromatic nitrogens is 5. The van der Waals surface area contributed by atoms with Gasteiger partial charge in [0.15, 0.2) is 11.6 Å². The van der Waals surface area contributed by atoms with Gasteiger partial charge in [0.2, 0.25) is 5.95 Å². The zero-order valence-corrected chi connectivity index (χ0v) is 30.8. The van der Waals surface area contributed by atoms with Crippen molar-refractivity contribution in [1.82, 2.24) is 24.1 Å². The van der Waals surface area contributed by atoms with Crippen molar-refractivity contribution in [2.75, 3.05) is 0 Å². The van der Waals surface area contributed by atoms with Crippen LogP contribution in [0.1, 0.15) is 0 Å². The van der Waals surface area contributed by atoms with Crippen LogP contribution in [0.2, 0.25) is 0 Å². The smallest absolute Gasteiger partial charge is 0.238 e. The standard InChI is InChI=1S/C51H29N5O2/c1-2-13-31(14-3-1)55-41-21-8-4-15-32(41)39-29-44-40(28-43(39)55)33-16-5-9-22-42(33)56(44)51-53-49(30-25-26-36-34-17-6-10-23-45(34)57-47(36)27-30)52-50(54-51)38-20-12-19-37-35-18-7-11-24-46(35)58-48(37)38/h1-29H. The van der Waals surface area contributed by atoms with Crippen molar-refractivity contribution < 1.29 is 8.83 Å². The average Bonchev–Trinajstić information content (AvgIpc) is 4.03. The van der Waals surface area contributed by atoms with Crippen molar-refractivity contribution in [2.24, 2.45) is 0 Å². The Bertz CT molecular complexity index is 3810. The summed E-state index contributed by atoms with van der Waals surface area (Å²) < 4.78 is 17.4. The second-order valence-electron chi connectivity index (χ2n) is 14.8. The molecule has 0 aliphatic rings. The van der Waals surface area contributed by atoms with E-state index in [1.165, 1.54) is 5.39 Å². The summed E-state index contributed by atoms with van der Waals surface area (Å²) in [5.74, 6) is 1.56. The third-order valence-electron chi connectivity index (χ3n) is 11.6. The van der Waals surface area contributed by atoms with E-state index in [1.54, 1.807) is 0 Å². The Morgan fingerprint density at radius 2 is 0.914 bits per heavy atom. The first-order chi connectivity index (χ1) is 28.7. The summed E-state index contributed by atoms with van der Waals surface area (Å²) in [4.78, 5) is 15.9. The van der Waals surface area contributed by atoms with Crippen LogP contribution in [0, 0.1) is 0 Å². The lowest BCUT2D eigenvalue weighted by Crippen LogP contribution is -2.06. The molecule has 8 aromatic carbocycles. The molecule has 0 spiro atoms. The summed E-state index contributed by atoms with van der Waals surface area (Å²) >= 11 is 0. The first-order valence-electron chi connectivity index (χ1n) is 19.4. The molecule has 0 atom stereocenters. The molecule has 13 aromatic rings. The first kappa shape index (κ1) is 31.2. The van der Waals surface area contributed by atoms with Gasteiger partial charge in [-0.05, 0) is 66.7 Å². The van der Waals surface area contributed by atoms with Crippen LogP contribution in [-0.4, -0.2) is 24.1 Å². The highest BCUT2D eigenvalue weighted by Crippen LogP contribution is 2.41. The SMILES string of the molecule is c1ccc(-n2c3ccccc3c3cc4c(cc32)c2ccccc2n4-c2nc(-c3ccc4c(c3)oc3ccccc34)nc(-c3cccc4c3oc3ccccc34)n2)cc1. The van der Waals surface area contributed by atoms with Crippen LogP contribution in [0.5, 0.6) is 0 Å². The van der Waals surface area contributed by atoms with Crippen LogP contribution >= 0.6 is 0 Å². The molecule has 5 aromatic heterocycles. The molecule has 0 saturated heterocycles. The molecule has 7 nitrogen and oxygen atoms in total. The Morgan fingerprint density at radius 1 is 0.345 bits per heavy atom. The van der Waals surface area contributed by atoms with Crippen molar-refractivity contribution in [1.29, 1.82) is 0 Å². The predicted molar refractivity (Wildman–Crippen MR) is 234 cm³/mol. The molecule has 0 amide bonds. The fraction of sp³-hybridized carbons (Fsp3) is 0. The average molecular weight is 744 g/mol. The molecule has 0 aliphatic carbocycles. The summed E-state index contributed by atoms with van der Waals surface area (Å²) in [7, 11) is 0. The van der Waals surface area contributed by atoms with Gasteiger partial charge in [-0.3, -0.25) is 4.57 Å². The van der Waals surface area contributed by atoms with Gasteiger partial charge in [-0.2, -0.15) is 9.97 Å². The van der Waals surface area contributed by atoms with E-state index in [0.717, 1.165) is 98.9 Å². The lowest BCUT2D eigenvalue weighted by Gasteiger charge is -2.11. The molecule has 0 radical (unpaired) electrons. The summed E-state index contributed by atoms with van der Waals surface area (Å²) in [6.07, 6.45) is 0. The lowest BCUT2D eigenvalue weighted by atomic mass is 10.1. The predicted octanol–water partition coefficient (Wildman–Crippen LogP) is 13.2. The minimum Gasteiger partial charge on any atom is -0.456 e. The topological polar surface area (TPSA) is 74.8 Å². The molecule has 270 valence electrons. The zero-order valence-electron chi connectivity index (χ0n) is 30.8. The van der Waals surface area contributed by atoms with Crippen molar-refractivity contribution in [3.05, 3.63) is 176 Å². The highest BCUT2D eigenvalue weighted by atomic mass is 16.3.